The van der Waals surface area contributed by atoms with Crippen molar-refractivity contribution in [1.82, 2.24) is 14.8 Å². The fraction of sp³-hybridized carbons (Fsp3) is 0.115. The summed E-state index contributed by atoms with van der Waals surface area (Å²) in [6.45, 7) is 1.79. The number of carbonyl (C=O) groups is 1. The van der Waals surface area contributed by atoms with Crippen LogP contribution in [0.3, 0.4) is 0 Å². The highest BCUT2D eigenvalue weighted by atomic mass is 35.5. The maximum Gasteiger partial charge on any atom is 0.255 e. The molecule has 1 amide bonds. The maximum atomic E-state index is 13.7. The van der Waals surface area contributed by atoms with E-state index in [2.05, 4.69) is 15.6 Å². The first-order chi connectivity index (χ1) is 17.4. The molecular formula is C26H21Cl2N5O3. The average molecular weight is 522 g/mol. The molecule has 1 unspecified atom stereocenters. The van der Waals surface area contributed by atoms with E-state index in [0.717, 1.165) is 0 Å². The van der Waals surface area contributed by atoms with Gasteiger partial charge >= 0.3 is 0 Å². The number of methoxy groups -OCH3 is 1. The number of amides is 1. The Hall–Kier alpha value is -4.01. The lowest BCUT2D eigenvalue weighted by Gasteiger charge is -2.29. The molecule has 36 heavy (non-hydrogen) atoms. The molecule has 0 aliphatic carbocycles. The Morgan fingerprint density at radius 1 is 1.11 bits per heavy atom. The number of fused-ring (bicyclic) bond motifs is 1. The molecular weight excluding hydrogens is 501 g/mol. The Bertz CT molecular complexity index is 1520. The monoisotopic (exact) mass is 521 g/mol. The van der Waals surface area contributed by atoms with Crippen LogP contribution in [0.25, 0.3) is 11.4 Å². The molecule has 8 nitrogen and oxygen atoms in total. The largest absolute Gasteiger partial charge is 0.508 e. The lowest BCUT2D eigenvalue weighted by molar-refractivity contribution is -0.113. The van der Waals surface area contributed by atoms with Gasteiger partial charge in [-0.1, -0.05) is 53.5 Å². The Labute approximate surface area is 217 Å². The van der Waals surface area contributed by atoms with E-state index < -0.39 is 6.04 Å². The number of benzene rings is 3. The summed E-state index contributed by atoms with van der Waals surface area (Å²) in [5, 5.41) is 21.6. The van der Waals surface area contributed by atoms with E-state index in [9.17, 15) is 9.90 Å². The Morgan fingerprint density at radius 2 is 1.92 bits per heavy atom. The minimum atomic E-state index is -0.709. The summed E-state index contributed by atoms with van der Waals surface area (Å²) in [5.41, 5.74) is 2.75. The van der Waals surface area contributed by atoms with E-state index in [1.807, 2.05) is 12.1 Å². The van der Waals surface area contributed by atoms with Crippen LogP contribution in [0.4, 0.5) is 11.6 Å². The molecule has 3 aromatic carbocycles. The smallest absolute Gasteiger partial charge is 0.255 e. The van der Waals surface area contributed by atoms with Crippen molar-refractivity contribution in [3.05, 3.63) is 93.6 Å². The van der Waals surface area contributed by atoms with Crippen LogP contribution in [0.2, 0.25) is 10.0 Å². The fourth-order valence-corrected chi connectivity index (χ4v) is 4.67. The summed E-state index contributed by atoms with van der Waals surface area (Å²) >= 11 is 12.8. The van der Waals surface area contributed by atoms with Crippen LogP contribution in [0.5, 0.6) is 11.5 Å². The molecule has 0 bridgehead atoms. The van der Waals surface area contributed by atoms with Crippen LogP contribution in [-0.2, 0) is 4.79 Å². The fourth-order valence-electron chi connectivity index (χ4n) is 4.16. The van der Waals surface area contributed by atoms with E-state index in [1.165, 1.54) is 0 Å². The third-order valence-electron chi connectivity index (χ3n) is 5.81. The second-order valence-corrected chi connectivity index (χ2v) is 8.98. The molecule has 0 saturated heterocycles. The number of nitrogens with one attached hydrogen (secondary N) is 2. The topological polar surface area (TPSA) is 101 Å². The Balaban J connectivity index is 1.63. The molecule has 10 heteroatoms. The first-order valence-electron chi connectivity index (χ1n) is 11.0. The van der Waals surface area contributed by atoms with Gasteiger partial charge in [0.25, 0.3) is 5.91 Å². The van der Waals surface area contributed by atoms with Crippen molar-refractivity contribution >= 4 is 40.7 Å². The van der Waals surface area contributed by atoms with E-state index in [0.29, 0.717) is 55.7 Å². The number of hydrogen-bond acceptors (Lipinski definition) is 6. The minimum absolute atomic E-state index is 0.0942. The van der Waals surface area contributed by atoms with Crippen LogP contribution >= 0.6 is 23.2 Å². The molecule has 0 saturated carbocycles. The van der Waals surface area contributed by atoms with Gasteiger partial charge in [0.1, 0.15) is 17.5 Å². The highest BCUT2D eigenvalue weighted by molar-refractivity contribution is 6.35. The SMILES string of the molecule is COc1ccccc1NC(=O)C1=C(C)Nc2nc(-c3cccc(O)c3)nn2C1c1ccc(Cl)cc1Cl. The number of anilines is 2. The average Bonchev–Trinajstić information content (AvgIpc) is 3.27. The molecule has 1 aromatic heterocycles. The first kappa shape index (κ1) is 23.7. The third kappa shape index (κ3) is 4.36. The number of phenols is 1. The predicted octanol–water partition coefficient (Wildman–Crippen LogP) is 5.89. The van der Waals surface area contributed by atoms with Gasteiger partial charge in [0.05, 0.1) is 18.4 Å². The lowest BCUT2D eigenvalue weighted by Crippen LogP contribution is -2.31. The number of phenolic OH excluding ortho intramolecular Hbond substituents is 1. The van der Waals surface area contributed by atoms with Crippen molar-refractivity contribution in [2.75, 3.05) is 17.7 Å². The Kier molecular flexibility index (Phi) is 6.30. The molecule has 0 spiro atoms. The van der Waals surface area contributed by atoms with Gasteiger partial charge < -0.3 is 20.5 Å². The maximum absolute atomic E-state index is 13.7. The zero-order chi connectivity index (χ0) is 25.4. The van der Waals surface area contributed by atoms with E-state index >= 15 is 0 Å². The molecule has 2 heterocycles. The lowest BCUT2D eigenvalue weighted by atomic mass is 9.95. The van der Waals surface area contributed by atoms with Crippen molar-refractivity contribution in [2.45, 2.75) is 13.0 Å². The molecule has 3 N–H and O–H groups in total. The molecule has 4 aromatic rings. The number of aromatic hydroxyl groups is 1. The van der Waals surface area contributed by atoms with Gasteiger partial charge in [-0.25, -0.2) is 4.68 Å². The highest BCUT2D eigenvalue weighted by Crippen LogP contribution is 2.40. The van der Waals surface area contributed by atoms with E-state index in [1.54, 1.807) is 73.3 Å². The number of hydrogen-bond donors (Lipinski definition) is 3. The summed E-state index contributed by atoms with van der Waals surface area (Å²) < 4.78 is 7.00. The van der Waals surface area contributed by atoms with Gasteiger partial charge in [-0.05, 0) is 43.3 Å². The van der Waals surface area contributed by atoms with Gasteiger partial charge in [0.15, 0.2) is 5.82 Å². The third-order valence-corrected chi connectivity index (χ3v) is 6.38. The van der Waals surface area contributed by atoms with Gasteiger partial charge in [0, 0.05) is 26.9 Å². The number of allylic oxidation sites excluding steroid dienone is 1. The van der Waals surface area contributed by atoms with Gasteiger partial charge in [-0.3, -0.25) is 4.79 Å². The van der Waals surface area contributed by atoms with Crippen LogP contribution in [0.15, 0.2) is 78.0 Å². The molecule has 0 fully saturated rings. The number of nitrogens with zero attached hydrogens (tertiary/aromatic N) is 3. The molecule has 1 aliphatic rings. The summed E-state index contributed by atoms with van der Waals surface area (Å²) in [4.78, 5) is 18.3. The van der Waals surface area contributed by atoms with Gasteiger partial charge in [-0.15, -0.1) is 5.10 Å². The summed E-state index contributed by atoms with van der Waals surface area (Å²) in [5.74, 6) is 1.07. The van der Waals surface area contributed by atoms with Crippen molar-refractivity contribution in [3.63, 3.8) is 0 Å². The van der Waals surface area contributed by atoms with Gasteiger partial charge in [0.2, 0.25) is 5.95 Å². The molecule has 0 radical (unpaired) electrons. The summed E-state index contributed by atoms with van der Waals surface area (Å²) in [7, 11) is 1.54. The summed E-state index contributed by atoms with van der Waals surface area (Å²) in [6, 6.07) is 18.2. The van der Waals surface area contributed by atoms with Crippen LogP contribution in [0.1, 0.15) is 18.5 Å². The number of aromatic nitrogens is 3. The molecule has 182 valence electrons. The number of carbonyl (C=O) groups excluding carboxylic acids is 1. The molecule has 1 aliphatic heterocycles. The van der Waals surface area contributed by atoms with Crippen molar-refractivity contribution in [1.29, 1.82) is 0 Å². The van der Waals surface area contributed by atoms with Crippen LogP contribution < -0.4 is 15.4 Å². The predicted molar refractivity (Wildman–Crippen MR) is 140 cm³/mol. The number of rotatable bonds is 5. The minimum Gasteiger partial charge on any atom is -0.508 e. The van der Waals surface area contributed by atoms with E-state index in [-0.39, 0.29) is 11.7 Å². The standard InChI is InChI=1S/C26H21Cl2N5O3/c1-14-22(25(35)30-20-8-3-4-9-21(20)36-2)23(18-11-10-16(27)13-19(18)28)33-26(29-14)31-24(32-33)15-6-5-7-17(34)12-15/h3-13,23,34H,1-2H3,(H,30,35)(H,29,31,32). The van der Waals surface area contributed by atoms with Crippen LogP contribution in [-0.4, -0.2) is 32.9 Å². The zero-order valence-electron chi connectivity index (χ0n) is 19.3. The number of ether oxygens (including phenoxy) is 1. The second kappa shape index (κ2) is 9.56. The van der Waals surface area contributed by atoms with Crippen molar-refractivity contribution in [3.8, 4) is 22.9 Å². The van der Waals surface area contributed by atoms with Crippen molar-refractivity contribution in [2.24, 2.45) is 0 Å². The normalized spacial score (nSPS) is 14.7. The second-order valence-electron chi connectivity index (χ2n) is 8.14. The number of para-hydroxylation sites is 2. The molecule has 1 atom stereocenters. The summed E-state index contributed by atoms with van der Waals surface area (Å²) in [6.07, 6.45) is 0. The zero-order valence-corrected chi connectivity index (χ0v) is 20.8. The number of halogens is 2. The van der Waals surface area contributed by atoms with Gasteiger partial charge in [-0.2, -0.15) is 4.98 Å². The Morgan fingerprint density at radius 3 is 2.67 bits per heavy atom. The van der Waals surface area contributed by atoms with E-state index in [4.69, 9.17) is 33.0 Å². The van der Waals surface area contributed by atoms with Crippen LogP contribution in [0, 0.1) is 0 Å². The quantitative estimate of drug-likeness (QED) is 0.302. The van der Waals surface area contributed by atoms with Crippen molar-refractivity contribution < 1.29 is 14.6 Å². The molecule has 5 rings (SSSR count). The highest BCUT2D eigenvalue weighted by Gasteiger charge is 2.36. The first-order valence-corrected chi connectivity index (χ1v) is 11.7.